The lowest BCUT2D eigenvalue weighted by Gasteiger charge is -2.31. The summed E-state index contributed by atoms with van der Waals surface area (Å²) in [5.74, 6) is 0.445. The van der Waals surface area contributed by atoms with Crippen molar-refractivity contribution in [3.8, 4) is 0 Å². The molecule has 4 rings (SSSR count). The molecule has 2 aliphatic heterocycles. The van der Waals surface area contributed by atoms with Gasteiger partial charge in [-0.3, -0.25) is 4.90 Å². The molecule has 0 unspecified atom stereocenters. The molecule has 2 fully saturated rings. The van der Waals surface area contributed by atoms with Crippen LogP contribution in [-0.2, 0) is 12.7 Å². The number of hydrogen-bond acceptors (Lipinski definition) is 2. The van der Waals surface area contributed by atoms with Gasteiger partial charge in [-0.25, -0.2) is 0 Å². The molecule has 2 aromatic carbocycles. The second-order valence-corrected chi connectivity index (χ2v) is 9.11. The minimum absolute atomic E-state index is 0.113. The van der Waals surface area contributed by atoms with Crippen LogP contribution in [-0.4, -0.2) is 42.5 Å². The van der Waals surface area contributed by atoms with Gasteiger partial charge >= 0.3 is 6.18 Å². The first-order chi connectivity index (χ1) is 14.4. The van der Waals surface area contributed by atoms with Crippen molar-refractivity contribution in [2.45, 2.75) is 37.9 Å². The predicted octanol–water partition coefficient (Wildman–Crippen LogP) is 6.06. The van der Waals surface area contributed by atoms with Gasteiger partial charge < -0.3 is 4.90 Å². The van der Waals surface area contributed by atoms with Gasteiger partial charge in [0.25, 0.3) is 0 Å². The molecule has 6 heteroatoms. The number of benzene rings is 2. The summed E-state index contributed by atoms with van der Waals surface area (Å²) in [4.78, 5) is 4.88. The fourth-order valence-corrected chi connectivity index (χ4v) is 5.05. The lowest BCUT2D eigenvalue weighted by molar-refractivity contribution is -0.137. The Morgan fingerprint density at radius 3 is 2.33 bits per heavy atom. The van der Waals surface area contributed by atoms with Gasteiger partial charge in [0, 0.05) is 37.1 Å². The zero-order valence-electron chi connectivity index (χ0n) is 17.0. The highest BCUT2D eigenvalue weighted by molar-refractivity contribution is 6.30. The minimum atomic E-state index is -4.31. The molecule has 0 bridgehead atoms. The van der Waals surface area contributed by atoms with Crippen LogP contribution >= 0.6 is 11.6 Å². The molecule has 2 saturated heterocycles. The second-order valence-electron chi connectivity index (χ2n) is 8.67. The third-order valence-corrected chi connectivity index (χ3v) is 6.67. The van der Waals surface area contributed by atoms with Crippen LogP contribution in [0.2, 0.25) is 5.02 Å². The van der Waals surface area contributed by atoms with Crippen molar-refractivity contribution in [1.29, 1.82) is 0 Å². The fourth-order valence-electron chi connectivity index (χ4n) is 4.92. The molecule has 0 amide bonds. The topological polar surface area (TPSA) is 6.48 Å². The van der Waals surface area contributed by atoms with E-state index < -0.39 is 11.7 Å². The van der Waals surface area contributed by atoms with Crippen molar-refractivity contribution in [2.75, 3.05) is 32.7 Å². The number of piperidine rings is 1. The van der Waals surface area contributed by atoms with Gasteiger partial charge in [-0.05, 0) is 61.2 Å². The first kappa shape index (κ1) is 21.7. The average Bonchev–Trinajstić information content (AvgIpc) is 3.12. The second kappa shape index (κ2) is 9.29. The van der Waals surface area contributed by atoms with Gasteiger partial charge in [0.1, 0.15) is 0 Å². The van der Waals surface area contributed by atoms with Crippen molar-refractivity contribution in [3.05, 3.63) is 70.2 Å². The van der Waals surface area contributed by atoms with Gasteiger partial charge in [-0.15, -0.1) is 0 Å². The van der Waals surface area contributed by atoms with Crippen LogP contribution in [0.1, 0.15) is 41.9 Å². The molecule has 0 N–H and O–H groups in total. The van der Waals surface area contributed by atoms with Crippen LogP contribution in [0.15, 0.2) is 48.5 Å². The number of hydrogen-bond donors (Lipinski definition) is 0. The third kappa shape index (κ3) is 5.37. The van der Waals surface area contributed by atoms with E-state index >= 15 is 0 Å². The minimum Gasteiger partial charge on any atom is -0.303 e. The molecular formula is C24H28ClF3N2. The zero-order chi connectivity index (χ0) is 21.1. The monoisotopic (exact) mass is 436 g/mol. The first-order valence-corrected chi connectivity index (χ1v) is 11.1. The summed E-state index contributed by atoms with van der Waals surface area (Å²) in [6.45, 7) is 5.63. The Balaban J connectivity index is 1.54. The summed E-state index contributed by atoms with van der Waals surface area (Å²) in [5.41, 5.74) is 1.44. The fraction of sp³-hybridized carbons (Fsp3) is 0.500. The van der Waals surface area contributed by atoms with E-state index in [2.05, 4.69) is 9.80 Å². The van der Waals surface area contributed by atoms with E-state index in [0.717, 1.165) is 44.8 Å². The Bertz CT molecular complexity index is 831. The van der Waals surface area contributed by atoms with Gasteiger partial charge in [0.05, 0.1) is 5.56 Å². The average molecular weight is 437 g/mol. The van der Waals surface area contributed by atoms with E-state index in [9.17, 15) is 13.2 Å². The molecule has 0 saturated carbocycles. The van der Waals surface area contributed by atoms with Crippen molar-refractivity contribution in [2.24, 2.45) is 5.92 Å². The Kier molecular flexibility index (Phi) is 6.71. The summed E-state index contributed by atoms with van der Waals surface area (Å²) in [6, 6.07) is 13.8. The van der Waals surface area contributed by atoms with Gasteiger partial charge in [0.2, 0.25) is 0 Å². The molecular weight excluding hydrogens is 409 g/mol. The Hall–Kier alpha value is -1.56. The Morgan fingerprint density at radius 2 is 1.63 bits per heavy atom. The first-order valence-electron chi connectivity index (χ1n) is 10.7. The van der Waals surface area contributed by atoms with Crippen LogP contribution in [0.5, 0.6) is 0 Å². The smallest absolute Gasteiger partial charge is 0.303 e. The quantitative estimate of drug-likeness (QED) is 0.562. The van der Waals surface area contributed by atoms with Crippen LogP contribution in [0.3, 0.4) is 0 Å². The molecule has 162 valence electrons. The number of halogens is 4. The Morgan fingerprint density at radius 1 is 0.900 bits per heavy atom. The van der Waals surface area contributed by atoms with Gasteiger partial charge in [-0.2, -0.15) is 13.2 Å². The predicted molar refractivity (Wildman–Crippen MR) is 115 cm³/mol. The summed E-state index contributed by atoms with van der Waals surface area (Å²) < 4.78 is 39.9. The molecule has 2 heterocycles. The molecule has 0 spiro atoms. The van der Waals surface area contributed by atoms with Crippen molar-refractivity contribution >= 4 is 11.6 Å². The third-order valence-electron chi connectivity index (χ3n) is 6.42. The summed E-state index contributed by atoms with van der Waals surface area (Å²) >= 11 is 6.00. The van der Waals surface area contributed by atoms with Crippen molar-refractivity contribution in [3.63, 3.8) is 0 Å². The largest absolute Gasteiger partial charge is 0.416 e. The highest BCUT2D eigenvalue weighted by Gasteiger charge is 2.37. The summed E-state index contributed by atoms with van der Waals surface area (Å²) in [7, 11) is 0. The highest BCUT2D eigenvalue weighted by Crippen LogP contribution is 2.37. The van der Waals surface area contributed by atoms with E-state index in [4.69, 9.17) is 11.6 Å². The maximum atomic E-state index is 13.3. The van der Waals surface area contributed by atoms with Crippen LogP contribution in [0.25, 0.3) is 0 Å². The SMILES string of the molecule is FC(F)(F)c1cccc([C@H]2CN(Cc3ccc(Cl)cc3)C[C@@H]2CN2CCCCC2)c1. The standard InChI is InChI=1S/C24H28ClF3N2/c25-22-9-7-18(8-10-22)14-30-16-20(15-29-11-2-1-3-12-29)23(17-30)19-5-4-6-21(13-19)24(26,27)28/h4-10,13,20,23H,1-3,11-12,14-17H2/t20-,23+/m0/s1. The number of nitrogens with zero attached hydrogens (tertiary/aromatic N) is 2. The van der Waals surface area contributed by atoms with E-state index in [-0.39, 0.29) is 5.92 Å². The molecule has 2 aliphatic rings. The molecule has 0 aromatic heterocycles. The van der Waals surface area contributed by atoms with E-state index in [1.165, 1.54) is 37.0 Å². The lowest BCUT2D eigenvalue weighted by atomic mass is 9.87. The van der Waals surface area contributed by atoms with Crippen molar-refractivity contribution in [1.82, 2.24) is 9.80 Å². The summed E-state index contributed by atoms with van der Waals surface area (Å²) in [6.07, 6.45) is -0.592. The zero-order valence-corrected chi connectivity index (χ0v) is 17.8. The maximum Gasteiger partial charge on any atom is 0.416 e. The molecule has 0 radical (unpaired) electrons. The maximum absolute atomic E-state index is 13.3. The van der Waals surface area contributed by atoms with Crippen molar-refractivity contribution < 1.29 is 13.2 Å². The molecule has 30 heavy (non-hydrogen) atoms. The molecule has 2 atom stereocenters. The van der Waals surface area contributed by atoms with Crippen LogP contribution < -0.4 is 0 Å². The van der Waals surface area contributed by atoms with E-state index in [0.29, 0.717) is 10.9 Å². The van der Waals surface area contributed by atoms with Crippen LogP contribution in [0, 0.1) is 5.92 Å². The molecule has 2 aromatic rings. The Labute approximate surface area is 181 Å². The molecule has 0 aliphatic carbocycles. The normalized spacial score (nSPS) is 23.7. The number of likely N-dealkylation sites (tertiary alicyclic amines) is 2. The van der Waals surface area contributed by atoms with Gasteiger partial charge in [0.15, 0.2) is 0 Å². The molecule has 2 nitrogen and oxygen atoms in total. The van der Waals surface area contributed by atoms with Crippen LogP contribution in [0.4, 0.5) is 13.2 Å². The van der Waals surface area contributed by atoms with E-state index in [1.54, 1.807) is 6.07 Å². The lowest BCUT2D eigenvalue weighted by Crippen LogP contribution is -2.36. The van der Waals surface area contributed by atoms with E-state index in [1.807, 2.05) is 30.3 Å². The summed E-state index contributed by atoms with van der Waals surface area (Å²) in [5, 5.41) is 0.713. The van der Waals surface area contributed by atoms with Gasteiger partial charge in [-0.1, -0.05) is 48.4 Å². The number of alkyl halides is 3. The highest BCUT2D eigenvalue weighted by atomic mass is 35.5. The number of rotatable bonds is 5.